The first-order valence-electron chi connectivity index (χ1n) is 3.70. The monoisotopic (exact) mass is 250 g/mol. The Morgan fingerprint density at radius 1 is 1.42 bits per heavy atom. The Morgan fingerprint density at radius 3 is 2.33 bits per heavy atom. The lowest BCUT2D eigenvalue weighted by Crippen LogP contribution is -2.17. The number of halogens is 3. The zero-order valence-electron chi connectivity index (χ0n) is 6.90. The molecule has 0 radical (unpaired) electrons. The Hall–Kier alpha value is 1.01. The molecule has 0 saturated carbocycles. The molecule has 0 aliphatic rings. The van der Waals surface area contributed by atoms with Gasteiger partial charge in [-0.05, 0) is 18.9 Å². The predicted octanol–water partition coefficient (Wildman–Crippen LogP) is 2.43. The Morgan fingerprint density at radius 2 is 2.00 bits per heavy atom. The SMILES string of the molecule is COC(CO)CCC[Si](Cl)(Cl)Cl. The third-order valence-corrected chi connectivity index (χ3v) is 4.14. The average Bonchev–Trinajstić information content (AvgIpc) is 1.96. The van der Waals surface area contributed by atoms with Gasteiger partial charge >= 0.3 is 6.00 Å². The number of aliphatic hydroxyl groups excluding tert-OH is 1. The Kier molecular flexibility index (Phi) is 7.00. The molecule has 0 heterocycles. The highest BCUT2D eigenvalue weighted by molar-refractivity contribution is 7.64. The molecule has 0 aromatic carbocycles. The molecular formula is C6H13Cl3O2Si. The van der Waals surface area contributed by atoms with Crippen LogP contribution in [0.15, 0.2) is 0 Å². The van der Waals surface area contributed by atoms with Crippen LogP contribution in [-0.4, -0.2) is 30.9 Å². The van der Waals surface area contributed by atoms with Crippen molar-refractivity contribution >= 4 is 39.2 Å². The van der Waals surface area contributed by atoms with Gasteiger partial charge in [0.25, 0.3) is 0 Å². The molecule has 74 valence electrons. The van der Waals surface area contributed by atoms with Crippen LogP contribution in [0.1, 0.15) is 12.8 Å². The zero-order chi connectivity index (χ0) is 9.61. The molecule has 1 N–H and O–H groups in total. The number of aliphatic hydroxyl groups is 1. The fraction of sp³-hybridized carbons (Fsp3) is 1.00. The van der Waals surface area contributed by atoms with Crippen LogP contribution in [0.2, 0.25) is 6.04 Å². The number of methoxy groups -OCH3 is 1. The van der Waals surface area contributed by atoms with Crippen LogP contribution < -0.4 is 0 Å². The highest BCUT2D eigenvalue weighted by atomic mass is 35.8. The molecule has 6 heteroatoms. The summed E-state index contributed by atoms with van der Waals surface area (Å²) in [6, 6.07) is -1.85. The van der Waals surface area contributed by atoms with Crippen molar-refractivity contribution in [2.45, 2.75) is 25.0 Å². The fourth-order valence-corrected chi connectivity index (χ4v) is 2.62. The average molecular weight is 252 g/mol. The van der Waals surface area contributed by atoms with E-state index in [0.717, 1.165) is 12.8 Å². The third kappa shape index (κ3) is 7.65. The topological polar surface area (TPSA) is 29.5 Å². The van der Waals surface area contributed by atoms with E-state index >= 15 is 0 Å². The maximum Gasteiger partial charge on any atom is 0.341 e. The summed E-state index contributed by atoms with van der Waals surface area (Å²) in [5.41, 5.74) is 0. The zero-order valence-corrected chi connectivity index (χ0v) is 10.2. The molecule has 0 rings (SSSR count). The standard InChI is InChI=1S/C6H13Cl3O2Si/c1-11-6(5-10)3-2-4-12(7,8)9/h6,10H,2-5H2,1H3. The van der Waals surface area contributed by atoms with Crippen LogP contribution in [0, 0.1) is 0 Å². The van der Waals surface area contributed by atoms with E-state index in [-0.39, 0.29) is 12.7 Å². The fourth-order valence-electron chi connectivity index (χ4n) is 0.814. The van der Waals surface area contributed by atoms with Gasteiger partial charge in [0.1, 0.15) is 0 Å². The predicted molar refractivity (Wildman–Crippen MR) is 55.2 cm³/mol. The van der Waals surface area contributed by atoms with Crippen molar-refractivity contribution in [3.8, 4) is 0 Å². The molecule has 0 amide bonds. The molecule has 2 nitrogen and oxygen atoms in total. The van der Waals surface area contributed by atoms with Crippen molar-refractivity contribution in [3.63, 3.8) is 0 Å². The van der Waals surface area contributed by atoms with E-state index in [4.69, 9.17) is 43.1 Å². The number of rotatable bonds is 6. The van der Waals surface area contributed by atoms with E-state index in [9.17, 15) is 0 Å². The molecule has 0 aromatic rings. The van der Waals surface area contributed by atoms with E-state index in [1.165, 1.54) is 0 Å². The van der Waals surface area contributed by atoms with Crippen molar-refractivity contribution in [2.24, 2.45) is 0 Å². The van der Waals surface area contributed by atoms with Gasteiger partial charge in [0.15, 0.2) is 0 Å². The summed E-state index contributed by atoms with van der Waals surface area (Å²) < 4.78 is 4.95. The van der Waals surface area contributed by atoms with E-state index < -0.39 is 6.00 Å². The number of hydrogen-bond donors (Lipinski definition) is 1. The second-order valence-electron chi connectivity index (χ2n) is 2.55. The highest BCUT2D eigenvalue weighted by Gasteiger charge is 2.24. The lowest BCUT2D eigenvalue weighted by molar-refractivity contribution is 0.0428. The van der Waals surface area contributed by atoms with Crippen molar-refractivity contribution in [1.29, 1.82) is 0 Å². The first-order valence-corrected chi connectivity index (χ1v) is 8.94. The Labute approximate surface area is 87.9 Å². The van der Waals surface area contributed by atoms with Crippen molar-refractivity contribution in [1.82, 2.24) is 0 Å². The van der Waals surface area contributed by atoms with Gasteiger partial charge in [0.05, 0.1) is 12.7 Å². The molecule has 0 saturated heterocycles. The molecule has 0 aliphatic heterocycles. The van der Waals surface area contributed by atoms with Crippen LogP contribution in [0.4, 0.5) is 0 Å². The molecule has 0 aliphatic carbocycles. The molecule has 0 spiro atoms. The van der Waals surface area contributed by atoms with Gasteiger partial charge in [0.2, 0.25) is 0 Å². The molecule has 1 atom stereocenters. The van der Waals surface area contributed by atoms with Gasteiger partial charge < -0.3 is 9.84 Å². The van der Waals surface area contributed by atoms with Crippen molar-refractivity contribution < 1.29 is 9.84 Å². The summed E-state index contributed by atoms with van der Waals surface area (Å²) in [5, 5.41) is 8.74. The summed E-state index contributed by atoms with van der Waals surface area (Å²) in [6.07, 6.45) is 1.42. The quantitative estimate of drug-likeness (QED) is 0.580. The second kappa shape index (κ2) is 6.46. The summed E-state index contributed by atoms with van der Waals surface area (Å²) in [7, 11) is 1.56. The van der Waals surface area contributed by atoms with Crippen LogP contribution in [0.3, 0.4) is 0 Å². The number of hydrogen-bond acceptors (Lipinski definition) is 2. The Balaban J connectivity index is 3.41. The summed E-state index contributed by atoms with van der Waals surface area (Å²) >= 11 is 17.0. The largest absolute Gasteiger partial charge is 0.394 e. The molecule has 0 bridgehead atoms. The van der Waals surface area contributed by atoms with E-state index in [0.29, 0.717) is 6.04 Å². The van der Waals surface area contributed by atoms with Crippen molar-refractivity contribution in [2.75, 3.05) is 13.7 Å². The third-order valence-electron chi connectivity index (χ3n) is 1.52. The Bertz CT molecular complexity index is 114. The summed E-state index contributed by atoms with van der Waals surface area (Å²) in [6.45, 7) is 0.0257. The smallest absolute Gasteiger partial charge is 0.341 e. The molecule has 12 heavy (non-hydrogen) atoms. The first kappa shape index (κ1) is 13.0. The maximum atomic E-state index is 8.74. The van der Waals surface area contributed by atoms with E-state index in [2.05, 4.69) is 0 Å². The van der Waals surface area contributed by atoms with E-state index in [1.807, 2.05) is 0 Å². The van der Waals surface area contributed by atoms with Gasteiger partial charge in [-0.3, -0.25) is 0 Å². The summed E-state index contributed by atoms with van der Waals surface area (Å²) in [4.78, 5) is 0. The minimum Gasteiger partial charge on any atom is -0.394 e. The van der Waals surface area contributed by atoms with Crippen LogP contribution in [-0.2, 0) is 4.74 Å². The van der Waals surface area contributed by atoms with Crippen molar-refractivity contribution in [3.05, 3.63) is 0 Å². The lowest BCUT2D eigenvalue weighted by Gasteiger charge is -2.13. The van der Waals surface area contributed by atoms with Crippen LogP contribution >= 0.6 is 33.2 Å². The van der Waals surface area contributed by atoms with Gasteiger partial charge in [-0.1, -0.05) is 0 Å². The minimum absolute atomic E-state index is 0.0257. The first-order chi connectivity index (χ1) is 5.49. The normalized spacial score (nSPS) is 14.8. The molecule has 1 unspecified atom stereocenters. The number of ether oxygens (including phenoxy) is 1. The summed E-state index contributed by atoms with van der Waals surface area (Å²) in [5.74, 6) is 0. The van der Waals surface area contributed by atoms with Gasteiger partial charge in [0, 0.05) is 7.11 Å². The molecule has 0 fully saturated rings. The maximum absolute atomic E-state index is 8.74. The van der Waals surface area contributed by atoms with E-state index in [1.54, 1.807) is 7.11 Å². The van der Waals surface area contributed by atoms with Crippen LogP contribution in [0.25, 0.3) is 0 Å². The van der Waals surface area contributed by atoms with Crippen LogP contribution in [0.5, 0.6) is 0 Å². The van der Waals surface area contributed by atoms with Gasteiger partial charge in [-0.2, -0.15) is 0 Å². The van der Waals surface area contributed by atoms with Gasteiger partial charge in [-0.15, -0.1) is 33.2 Å². The second-order valence-corrected chi connectivity index (χ2v) is 11.8. The highest BCUT2D eigenvalue weighted by Crippen LogP contribution is 2.27. The molecular weight excluding hydrogens is 239 g/mol. The van der Waals surface area contributed by atoms with Gasteiger partial charge in [-0.25, -0.2) is 0 Å². The molecule has 0 aromatic heterocycles. The lowest BCUT2D eigenvalue weighted by atomic mass is 10.2. The minimum atomic E-state index is -2.47.